The molecule has 0 heterocycles. The Morgan fingerprint density at radius 2 is 1.28 bits per heavy atom. The molecule has 6 N–H and O–H groups in total. The Morgan fingerprint density at radius 3 is 1.56 bits per heavy atom. The van der Waals surface area contributed by atoms with Crippen LogP contribution in [0, 0.1) is 38.5 Å². The molecule has 1 rings (SSSR count). The molecule has 0 bridgehead atoms. The zero-order chi connectivity index (χ0) is 13.3. The average Bonchev–Trinajstić information content (AvgIpc) is 2.20. The third-order valence-electron chi connectivity index (χ3n) is 3.03. The summed E-state index contributed by atoms with van der Waals surface area (Å²) in [5.74, 6) is -0.484. The fraction of sp³-hybridized carbons (Fsp3) is 0.333. The van der Waals surface area contributed by atoms with Crippen LogP contribution in [0.1, 0.15) is 22.3 Å². The molecule has 1 aromatic rings. The smallest absolute Gasteiger partial charge is 0.200 e. The van der Waals surface area contributed by atoms with Crippen molar-refractivity contribution < 1.29 is 0 Å². The van der Waals surface area contributed by atoms with Gasteiger partial charge in [-0.2, -0.15) is 0 Å². The second kappa shape index (κ2) is 5.73. The number of hydrogen-bond donors (Lipinski definition) is 4. The number of rotatable bonds is 1. The number of nitrogens with two attached hydrogens (primary N) is 2. The second-order valence-corrected chi connectivity index (χ2v) is 4.21. The van der Waals surface area contributed by atoms with E-state index in [4.69, 9.17) is 22.3 Å². The second-order valence-electron chi connectivity index (χ2n) is 4.21. The first-order chi connectivity index (χ1) is 7.77. The van der Waals surface area contributed by atoms with Gasteiger partial charge in [0, 0.05) is 0 Å². The van der Waals surface area contributed by atoms with E-state index in [9.17, 15) is 0 Å². The largest absolute Gasteiger partial charge is 0.369 e. The molecule has 5 nitrogen and oxygen atoms in total. The van der Waals surface area contributed by atoms with Crippen molar-refractivity contribution in [1.82, 2.24) is 0 Å². The van der Waals surface area contributed by atoms with Crippen molar-refractivity contribution in [1.29, 1.82) is 10.8 Å². The monoisotopic (exact) mass is 269 g/mol. The summed E-state index contributed by atoms with van der Waals surface area (Å²) in [6, 6.07) is 2.08. The van der Waals surface area contributed by atoms with Crippen LogP contribution in [-0.4, -0.2) is 11.9 Å². The van der Waals surface area contributed by atoms with Crippen LogP contribution in [0.2, 0.25) is 0 Å². The quantitative estimate of drug-likeness (QED) is 0.463. The van der Waals surface area contributed by atoms with Crippen molar-refractivity contribution in [3.8, 4) is 0 Å². The zero-order valence-electron chi connectivity index (χ0n) is 11.1. The minimum atomic E-state index is -0.242. The summed E-state index contributed by atoms with van der Waals surface area (Å²) in [5.41, 5.74) is 15.9. The average molecular weight is 270 g/mol. The molecule has 0 saturated heterocycles. The topological polar surface area (TPSA) is 103 Å². The molecule has 0 aliphatic heterocycles. The summed E-state index contributed by atoms with van der Waals surface area (Å²) in [7, 11) is 0. The van der Waals surface area contributed by atoms with E-state index in [1.807, 2.05) is 27.7 Å². The molecule has 0 radical (unpaired) electrons. The van der Waals surface area contributed by atoms with Gasteiger partial charge >= 0.3 is 0 Å². The van der Waals surface area contributed by atoms with Crippen LogP contribution in [0.3, 0.4) is 0 Å². The van der Waals surface area contributed by atoms with Crippen molar-refractivity contribution in [2.75, 3.05) is 4.90 Å². The van der Waals surface area contributed by atoms with Gasteiger partial charge in [-0.15, -0.1) is 12.4 Å². The summed E-state index contributed by atoms with van der Waals surface area (Å²) in [4.78, 5) is 1.25. The van der Waals surface area contributed by atoms with Crippen LogP contribution >= 0.6 is 12.4 Å². The number of nitrogens with zero attached hydrogens (tertiary/aromatic N) is 1. The van der Waals surface area contributed by atoms with E-state index in [-0.39, 0.29) is 24.3 Å². The van der Waals surface area contributed by atoms with Gasteiger partial charge in [-0.05, 0) is 49.9 Å². The predicted octanol–water partition coefficient (Wildman–Crippen LogP) is 1.94. The van der Waals surface area contributed by atoms with Crippen LogP contribution in [-0.2, 0) is 0 Å². The molecule has 0 aromatic heterocycles. The van der Waals surface area contributed by atoms with Crippen LogP contribution in [0.4, 0.5) is 5.69 Å². The van der Waals surface area contributed by atoms with E-state index in [0.29, 0.717) is 0 Å². The molecule has 0 aliphatic rings. The lowest BCUT2D eigenvalue weighted by atomic mass is 9.98. The maximum Gasteiger partial charge on any atom is 0.200 e. The Morgan fingerprint density at radius 1 is 0.944 bits per heavy atom. The van der Waals surface area contributed by atoms with Gasteiger partial charge in [0.2, 0.25) is 0 Å². The first kappa shape index (κ1) is 16.2. The number of benzene rings is 1. The first-order valence-corrected chi connectivity index (χ1v) is 5.33. The van der Waals surface area contributed by atoms with Crippen LogP contribution < -0.4 is 16.4 Å². The van der Waals surface area contributed by atoms with E-state index >= 15 is 0 Å². The number of nitrogens with one attached hydrogen (secondary N) is 2. The number of guanidine groups is 2. The Bertz CT molecular complexity index is 455. The third-order valence-corrected chi connectivity index (χ3v) is 3.03. The normalized spacial score (nSPS) is 9.56. The maximum absolute atomic E-state index is 7.54. The summed E-state index contributed by atoms with van der Waals surface area (Å²) in [5, 5.41) is 15.1. The van der Waals surface area contributed by atoms with Gasteiger partial charge < -0.3 is 11.5 Å². The molecule has 0 atom stereocenters. The van der Waals surface area contributed by atoms with Gasteiger partial charge in [-0.25, -0.2) is 0 Å². The van der Waals surface area contributed by atoms with Gasteiger partial charge in [-0.3, -0.25) is 15.7 Å². The van der Waals surface area contributed by atoms with Crippen molar-refractivity contribution in [3.63, 3.8) is 0 Å². The van der Waals surface area contributed by atoms with Gasteiger partial charge in [0.15, 0.2) is 11.9 Å². The first-order valence-electron chi connectivity index (χ1n) is 5.33. The molecule has 0 spiro atoms. The van der Waals surface area contributed by atoms with E-state index in [1.54, 1.807) is 0 Å². The van der Waals surface area contributed by atoms with Crippen LogP contribution in [0.5, 0.6) is 0 Å². The lowest BCUT2D eigenvalue weighted by Gasteiger charge is -2.26. The predicted molar refractivity (Wildman–Crippen MR) is 78.9 cm³/mol. The highest BCUT2D eigenvalue weighted by atomic mass is 35.5. The van der Waals surface area contributed by atoms with Gasteiger partial charge in [-0.1, -0.05) is 6.07 Å². The highest BCUT2D eigenvalue weighted by molar-refractivity contribution is 6.15. The van der Waals surface area contributed by atoms with E-state index in [2.05, 4.69) is 6.07 Å². The fourth-order valence-electron chi connectivity index (χ4n) is 1.90. The number of anilines is 1. The van der Waals surface area contributed by atoms with Gasteiger partial charge in [0.05, 0.1) is 5.69 Å². The molecule has 0 fully saturated rings. The van der Waals surface area contributed by atoms with Crippen molar-refractivity contribution in [2.24, 2.45) is 11.5 Å². The van der Waals surface area contributed by atoms with Crippen molar-refractivity contribution in [3.05, 3.63) is 28.3 Å². The molecule has 0 aliphatic carbocycles. The molecule has 0 unspecified atom stereocenters. The molecule has 0 amide bonds. The minimum Gasteiger partial charge on any atom is -0.369 e. The lowest BCUT2D eigenvalue weighted by molar-refractivity contribution is 1.16. The lowest BCUT2D eigenvalue weighted by Crippen LogP contribution is -2.46. The van der Waals surface area contributed by atoms with Crippen molar-refractivity contribution in [2.45, 2.75) is 27.7 Å². The summed E-state index contributed by atoms with van der Waals surface area (Å²) >= 11 is 0. The third kappa shape index (κ3) is 2.73. The van der Waals surface area contributed by atoms with Crippen LogP contribution in [0.25, 0.3) is 0 Å². The summed E-state index contributed by atoms with van der Waals surface area (Å²) in [6.45, 7) is 7.86. The highest BCUT2D eigenvalue weighted by Gasteiger charge is 2.19. The molecule has 6 heteroatoms. The van der Waals surface area contributed by atoms with Crippen LogP contribution in [0.15, 0.2) is 6.07 Å². The van der Waals surface area contributed by atoms with E-state index < -0.39 is 0 Å². The Labute approximate surface area is 114 Å². The standard InChI is InChI=1S/C12H19N5.ClH/c1-6-5-7(2)9(4)10(8(6)3)17(11(13)14)12(15)16;/h5H,1-4H3,(H3,13,14)(H3,15,16);1H. The van der Waals surface area contributed by atoms with E-state index in [1.165, 1.54) is 4.90 Å². The summed E-state index contributed by atoms with van der Waals surface area (Å²) in [6.07, 6.45) is 0. The fourth-order valence-corrected chi connectivity index (χ4v) is 1.90. The Hall–Kier alpha value is -1.75. The molecule has 100 valence electrons. The zero-order valence-corrected chi connectivity index (χ0v) is 11.9. The highest BCUT2D eigenvalue weighted by Crippen LogP contribution is 2.29. The number of hydrogen-bond acceptors (Lipinski definition) is 2. The number of halogens is 1. The van der Waals surface area contributed by atoms with Gasteiger partial charge in [0.25, 0.3) is 0 Å². The molecule has 18 heavy (non-hydrogen) atoms. The van der Waals surface area contributed by atoms with E-state index in [0.717, 1.165) is 27.9 Å². The molecule has 0 saturated carbocycles. The van der Waals surface area contributed by atoms with Crippen molar-refractivity contribution >= 4 is 30.0 Å². The maximum atomic E-state index is 7.54. The number of aryl methyl sites for hydroxylation is 2. The molecule has 1 aromatic carbocycles. The SMILES string of the molecule is Cc1cc(C)c(C)c(N(C(=N)N)C(=N)N)c1C.Cl. The molecular formula is C12H20ClN5. The van der Waals surface area contributed by atoms with Gasteiger partial charge in [0.1, 0.15) is 0 Å². The Kier molecular flexibility index (Phi) is 5.17. The summed E-state index contributed by atoms with van der Waals surface area (Å²) < 4.78 is 0. The minimum absolute atomic E-state index is 0. The Balaban J connectivity index is 0.00000289. The molecular weight excluding hydrogens is 250 g/mol.